The molecule has 0 bridgehead atoms. The van der Waals surface area contributed by atoms with Crippen LogP contribution < -0.4 is 0 Å². The number of carbonyl (C=O) groups is 1. The van der Waals surface area contributed by atoms with Gasteiger partial charge in [0.25, 0.3) is 0 Å². The second-order valence-electron chi connectivity index (χ2n) is 7.47. The van der Waals surface area contributed by atoms with Gasteiger partial charge >= 0.3 is 0 Å². The highest BCUT2D eigenvalue weighted by molar-refractivity contribution is 5.79. The first-order valence-corrected chi connectivity index (χ1v) is 9.65. The van der Waals surface area contributed by atoms with Gasteiger partial charge in [-0.2, -0.15) is 0 Å². The minimum absolute atomic E-state index is 0.181. The van der Waals surface area contributed by atoms with E-state index in [0.717, 1.165) is 71.4 Å². The lowest BCUT2D eigenvalue weighted by atomic mass is 9.89. The van der Waals surface area contributed by atoms with Gasteiger partial charge in [0.2, 0.25) is 5.91 Å². The van der Waals surface area contributed by atoms with Crippen LogP contribution in [0, 0.1) is 11.8 Å². The number of nitrogens with zero attached hydrogens (tertiary/aromatic N) is 3. The zero-order chi connectivity index (χ0) is 17.5. The molecule has 3 rings (SSSR count). The number of amides is 1. The van der Waals surface area contributed by atoms with Crippen LogP contribution in [0.5, 0.6) is 0 Å². The molecule has 1 atom stereocenters. The van der Waals surface area contributed by atoms with Crippen molar-refractivity contribution in [1.29, 1.82) is 0 Å². The van der Waals surface area contributed by atoms with E-state index in [1.807, 2.05) is 18.5 Å². The van der Waals surface area contributed by atoms with Gasteiger partial charge in [-0.25, -0.2) is 0 Å². The van der Waals surface area contributed by atoms with Gasteiger partial charge in [-0.1, -0.05) is 6.07 Å². The van der Waals surface area contributed by atoms with Gasteiger partial charge in [-0.3, -0.25) is 9.78 Å². The van der Waals surface area contributed by atoms with E-state index in [1.54, 1.807) is 7.11 Å². The van der Waals surface area contributed by atoms with Crippen molar-refractivity contribution >= 4 is 5.91 Å². The number of pyridine rings is 1. The summed E-state index contributed by atoms with van der Waals surface area (Å²) >= 11 is 0. The molecule has 1 amide bonds. The fourth-order valence-corrected chi connectivity index (χ4v) is 4.15. The van der Waals surface area contributed by atoms with Crippen LogP contribution in [-0.4, -0.2) is 67.1 Å². The fraction of sp³-hybridized carbons (Fsp3) is 0.700. The molecular weight excluding hydrogens is 314 g/mol. The van der Waals surface area contributed by atoms with Gasteiger partial charge in [0.15, 0.2) is 0 Å². The Bertz CT molecular complexity index is 529. The fourth-order valence-electron chi connectivity index (χ4n) is 4.15. The normalized spacial score (nSPS) is 22.9. The van der Waals surface area contributed by atoms with Gasteiger partial charge in [0.05, 0.1) is 12.5 Å². The predicted octanol–water partition coefficient (Wildman–Crippen LogP) is 2.22. The number of rotatable bonds is 6. The molecule has 1 aromatic heterocycles. The van der Waals surface area contributed by atoms with Crippen LogP contribution in [0.2, 0.25) is 0 Å². The smallest absolute Gasteiger partial charge is 0.226 e. The van der Waals surface area contributed by atoms with Crippen molar-refractivity contribution < 1.29 is 9.53 Å². The Balaban J connectivity index is 1.45. The molecule has 138 valence electrons. The third-order valence-corrected chi connectivity index (χ3v) is 5.64. The van der Waals surface area contributed by atoms with Crippen molar-refractivity contribution in [3.05, 3.63) is 30.1 Å². The molecule has 0 radical (unpaired) electrons. The second kappa shape index (κ2) is 9.30. The summed E-state index contributed by atoms with van der Waals surface area (Å²) in [6, 6.07) is 4.16. The van der Waals surface area contributed by atoms with E-state index in [1.165, 1.54) is 5.56 Å². The summed E-state index contributed by atoms with van der Waals surface area (Å²) in [5.41, 5.74) is 1.31. The number of aromatic nitrogens is 1. The van der Waals surface area contributed by atoms with Crippen molar-refractivity contribution in [3.63, 3.8) is 0 Å². The number of likely N-dealkylation sites (tertiary alicyclic amines) is 2. The van der Waals surface area contributed by atoms with Crippen LogP contribution in [0.25, 0.3) is 0 Å². The number of hydrogen-bond acceptors (Lipinski definition) is 4. The largest absolute Gasteiger partial charge is 0.383 e. The number of hydrogen-bond donors (Lipinski definition) is 0. The van der Waals surface area contributed by atoms with Crippen LogP contribution in [0.1, 0.15) is 31.2 Å². The van der Waals surface area contributed by atoms with Gasteiger partial charge in [-0.05, 0) is 56.2 Å². The average Bonchev–Trinajstić information content (AvgIpc) is 2.67. The van der Waals surface area contributed by atoms with Crippen LogP contribution in [-0.2, 0) is 16.0 Å². The van der Waals surface area contributed by atoms with Crippen molar-refractivity contribution in [1.82, 2.24) is 14.8 Å². The van der Waals surface area contributed by atoms with Crippen LogP contribution in [0.3, 0.4) is 0 Å². The molecule has 2 fully saturated rings. The maximum atomic E-state index is 12.9. The molecule has 5 heteroatoms. The third-order valence-electron chi connectivity index (χ3n) is 5.64. The summed E-state index contributed by atoms with van der Waals surface area (Å²) in [4.78, 5) is 21.6. The van der Waals surface area contributed by atoms with E-state index in [0.29, 0.717) is 11.8 Å². The molecule has 2 aliphatic heterocycles. The molecule has 1 unspecified atom stereocenters. The van der Waals surface area contributed by atoms with Crippen molar-refractivity contribution in [2.45, 2.75) is 32.1 Å². The Morgan fingerprint density at radius 2 is 2.12 bits per heavy atom. The Hall–Kier alpha value is -1.46. The van der Waals surface area contributed by atoms with Crippen molar-refractivity contribution in [2.75, 3.05) is 46.4 Å². The molecule has 0 aliphatic carbocycles. The predicted molar refractivity (Wildman–Crippen MR) is 98.3 cm³/mol. The number of carbonyl (C=O) groups excluding carboxylic acids is 1. The first-order chi connectivity index (χ1) is 12.3. The van der Waals surface area contributed by atoms with Gasteiger partial charge in [-0.15, -0.1) is 0 Å². The Morgan fingerprint density at radius 3 is 2.84 bits per heavy atom. The number of piperidine rings is 2. The molecule has 0 aromatic carbocycles. The molecule has 0 N–H and O–H groups in total. The topological polar surface area (TPSA) is 45.7 Å². The molecular formula is C20H31N3O2. The van der Waals surface area contributed by atoms with Crippen LogP contribution in [0.4, 0.5) is 0 Å². The zero-order valence-electron chi connectivity index (χ0n) is 15.4. The van der Waals surface area contributed by atoms with Gasteiger partial charge < -0.3 is 14.5 Å². The van der Waals surface area contributed by atoms with E-state index in [4.69, 9.17) is 4.74 Å². The Morgan fingerprint density at radius 1 is 1.28 bits per heavy atom. The highest BCUT2D eigenvalue weighted by Gasteiger charge is 2.31. The molecule has 0 spiro atoms. The van der Waals surface area contributed by atoms with Gasteiger partial charge in [0, 0.05) is 45.7 Å². The maximum Gasteiger partial charge on any atom is 0.226 e. The van der Waals surface area contributed by atoms with Gasteiger partial charge in [0.1, 0.15) is 0 Å². The number of ether oxygens (including phenoxy) is 1. The summed E-state index contributed by atoms with van der Waals surface area (Å²) in [7, 11) is 1.74. The summed E-state index contributed by atoms with van der Waals surface area (Å²) in [6.45, 7) is 5.52. The lowest BCUT2D eigenvalue weighted by molar-refractivity contribution is -0.138. The minimum Gasteiger partial charge on any atom is -0.383 e. The SMILES string of the molecule is COCCN1CCCC(C(=O)N2CCC(Cc3cccnc3)CC2)C1. The standard InChI is InChI=1S/C20H31N3O2/c1-25-13-12-22-9-3-5-19(16-22)20(24)23-10-6-17(7-11-23)14-18-4-2-8-21-15-18/h2,4,8,15,17,19H,3,5-7,9-14,16H2,1H3. The quantitative estimate of drug-likeness (QED) is 0.793. The van der Waals surface area contributed by atoms with Crippen molar-refractivity contribution in [3.8, 4) is 0 Å². The summed E-state index contributed by atoms with van der Waals surface area (Å²) < 4.78 is 5.18. The molecule has 2 saturated heterocycles. The molecule has 5 nitrogen and oxygen atoms in total. The Kier molecular flexibility index (Phi) is 6.82. The lowest BCUT2D eigenvalue weighted by Gasteiger charge is -2.37. The van der Waals surface area contributed by atoms with E-state index in [-0.39, 0.29) is 5.92 Å². The summed E-state index contributed by atoms with van der Waals surface area (Å²) in [6.07, 6.45) is 9.26. The molecule has 0 saturated carbocycles. The third kappa shape index (κ3) is 5.25. The van der Waals surface area contributed by atoms with Crippen LogP contribution >= 0.6 is 0 Å². The Labute approximate surface area is 151 Å². The summed E-state index contributed by atoms with van der Waals surface area (Å²) in [5.74, 6) is 1.24. The van der Waals surface area contributed by atoms with Crippen molar-refractivity contribution in [2.24, 2.45) is 11.8 Å². The molecule has 3 heterocycles. The van der Waals surface area contributed by atoms with E-state index in [2.05, 4.69) is 20.9 Å². The highest BCUT2D eigenvalue weighted by atomic mass is 16.5. The number of methoxy groups -OCH3 is 1. The lowest BCUT2D eigenvalue weighted by Crippen LogP contribution is -2.47. The van der Waals surface area contributed by atoms with Crippen LogP contribution in [0.15, 0.2) is 24.5 Å². The molecule has 1 aromatic rings. The molecule has 2 aliphatic rings. The first-order valence-electron chi connectivity index (χ1n) is 9.65. The maximum absolute atomic E-state index is 12.9. The van der Waals surface area contributed by atoms with E-state index >= 15 is 0 Å². The monoisotopic (exact) mass is 345 g/mol. The average molecular weight is 345 g/mol. The minimum atomic E-state index is 0.181. The first kappa shape index (κ1) is 18.3. The zero-order valence-corrected chi connectivity index (χ0v) is 15.4. The van der Waals surface area contributed by atoms with E-state index < -0.39 is 0 Å². The second-order valence-corrected chi connectivity index (χ2v) is 7.47. The molecule has 25 heavy (non-hydrogen) atoms. The van der Waals surface area contributed by atoms with E-state index in [9.17, 15) is 4.79 Å². The summed E-state index contributed by atoms with van der Waals surface area (Å²) in [5, 5.41) is 0. The highest BCUT2D eigenvalue weighted by Crippen LogP contribution is 2.25.